The van der Waals surface area contributed by atoms with Crippen LogP contribution in [0.4, 0.5) is 17.6 Å². The quantitative estimate of drug-likeness (QED) is 0.818. The van der Waals surface area contributed by atoms with Gasteiger partial charge < -0.3 is 9.73 Å². The van der Waals surface area contributed by atoms with Gasteiger partial charge in [-0.2, -0.15) is 8.78 Å². The molecule has 1 rings (SSSR count). The van der Waals surface area contributed by atoms with E-state index >= 15 is 0 Å². The van der Waals surface area contributed by atoms with Crippen LogP contribution in [0.3, 0.4) is 0 Å². The van der Waals surface area contributed by atoms with Gasteiger partial charge in [0.05, 0.1) is 12.8 Å². The van der Waals surface area contributed by atoms with E-state index in [0.717, 1.165) is 0 Å². The van der Waals surface area contributed by atoms with Crippen LogP contribution in [0.5, 0.6) is 0 Å². The monoisotopic (exact) mass is 239 g/mol. The Morgan fingerprint density at radius 1 is 1.56 bits per heavy atom. The molecule has 0 unspecified atom stereocenters. The summed E-state index contributed by atoms with van der Waals surface area (Å²) in [6.07, 6.45) is -2.61. The van der Waals surface area contributed by atoms with Gasteiger partial charge in [0.1, 0.15) is 0 Å². The summed E-state index contributed by atoms with van der Waals surface area (Å²) in [5, 5.41) is 1.68. The van der Waals surface area contributed by atoms with Gasteiger partial charge in [-0.15, -0.1) is 0 Å². The molecule has 90 valence electrons. The zero-order valence-electron chi connectivity index (χ0n) is 8.27. The lowest BCUT2D eigenvalue weighted by molar-refractivity contribution is -0.123. The lowest BCUT2D eigenvalue weighted by Crippen LogP contribution is -2.41. The molecule has 0 bridgehead atoms. The average Bonchev–Trinajstić information content (AvgIpc) is 2.61. The van der Waals surface area contributed by atoms with E-state index in [4.69, 9.17) is 4.42 Å². The van der Waals surface area contributed by atoms with Gasteiger partial charge in [0, 0.05) is 5.56 Å². The molecule has 7 heteroatoms. The SMILES string of the molecule is Cc1ccoc1C(=O)NCC(F)(F)C(F)F. The summed E-state index contributed by atoms with van der Waals surface area (Å²) < 4.78 is 53.1. The van der Waals surface area contributed by atoms with Crippen LogP contribution in [-0.2, 0) is 0 Å². The van der Waals surface area contributed by atoms with Gasteiger partial charge in [-0.1, -0.05) is 0 Å². The lowest BCUT2D eigenvalue weighted by Gasteiger charge is -2.15. The molecule has 0 spiro atoms. The van der Waals surface area contributed by atoms with Crippen LogP contribution in [0, 0.1) is 6.92 Å². The van der Waals surface area contributed by atoms with Crippen molar-refractivity contribution in [1.82, 2.24) is 5.32 Å². The van der Waals surface area contributed by atoms with Gasteiger partial charge in [-0.3, -0.25) is 4.79 Å². The Hall–Kier alpha value is -1.53. The van der Waals surface area contributed by atoms with Crippen molar-refractivity contribution in [1.29, 1.82) is 0 Å². The van der Waals surface area contributed by atoms with Gasteiger partial charge in [0.25, 0.3) is 5.91 Å². The molecule has 0 saturated carbocycles. The summed E-state index contributed by atoms with van der Waals surface area (Å²) >= 11 is 0. The number of furan rings is 1. The van der Waals surface area contributed by atoms with E-state index in [2.05, 4.69) is 0 Å². The predicted octanol–water partition coefficient (Wildman–Crippen LogP) is 2.22. The summed E-state index contributed by atoms with van der Waals surface area (Å²) in [5.74, 6) is -5.34. The number of hydrogen-bond acceptors (Lipinski definition) is 2. The van der Waals surface area contributed by atoms with Gasteiger partial charge >= 0.3 is 12.3 Å². The minimum Gasteiger partial charge on any atom is -0.459 e. The number of carbonyl (C=O) groups excluding carboxylic acids is 1. The van der Waals surface area contributed by atoms with E-state index in [1.54, 1.807) is 5.32 Å². The average molecular weight is 239 g/mol. The predicted molar refractivity (Wildman–Crippen MR) is 46.7 cm³/mol. The van der Waals surface area contributed by atoms with Crippen molar-refractivity contribution in [2.45, 2.75) is 19.3 Å². The molecule has 3 nitrogen and oxygen atoms in total. The third kappa shape index (κ3) is 2.74. The smallest absolute Gasteiger partial charge is 0.324 e. The van der Waals surface area contributed by atoms with E-state index in [1.165, 1.54) is 19.3 Å². The normalized spacial score (nSPS) is 11.9. The van der Waals surface area contributed by atoms with Crippen LogP contribution in [0.15, 0.2) is 16.7 Å². The third-order valence-corrected chi connectivity index (χ3v) is 1.87. The van der Waals surface area contributed by atoms with Crippen molar-refractivity contribution in [2.75, 3.05) is 6.54 Å². The molecule has 0 aliphatic heterocycles. The highest BCUT2D eigenvalue weighted by molar-refractivity contribution is 5.92. The largest absolute Gasteiger partial charge is 0.459 e. The number of nitrogens with one attached hydrogen (secondary N) is 1. The van der Waals surface area contributed by atoms with Crippen LogP contribution in [0.2, 0.25) is 0 Å². The van der Waals surface area contributed by atoms with E-state index in [-0.39, 0.29) is 5.76 Å². The number of aryl methyl sites for hydroxylation is 1. The molecule has 1 aromatic heterocycles. The van der Waals surface area contributed by atoms with Crippen LogP contribution in [0.25, 0.3) is 0 Å². The topological polar surface area (TPSA) is 42.2 Å². The fourth-order valence-corrected chi connectivity index (χ4v) is 0.961. The van der Waals surface area contributed by atoms with Gasteiger partial charge in [-0.05, 0) is 13.0 Å². The zero-order valence-corrected chi connectivity index (χ0v) is 8.27. The van der Waals surface area contributed by atoms with Crippen LogP contribution < -0.4 is 5.32 Å². The standard InChI is InChI=1S/C9H9F4NO2/c1-5-2-3-16-6(5)7(15)14-4-9(12,13)8(10)11/h2-3,8H,4H2,1H3,(H,14,15). The summed E-state index contributed by atoms with van der Waals surface area (Å²) in [5.41, 5.74) is 0.442. The second-order valence-electron chi connectivity index (χ2n) is 3.18. The zero-order chi connectivity index (χ0) is 12.3. The molecule has 16 heavy (non-hydrogen) atoms. The maximum atomic E-state index is 12.5. The minimum atomic E-state index is -4.24. The van der Waals surface area contributed by atoms with Crippen LogP contribution in [0.1, 0.15) is 16.1 Å². The highest BCUT2D eigenvalue weighted by atomic mass is 19.3. The summed E-state index contributed by atoms with van der Waals surface area (Å²) in [6, 6.07) is 1.46. The summed E-state index contributed by atoms with van der Waals surface area (Å²) in [4.78, 5) is 11.2. The maximum Gasteiger partial charge on any atom is 0.324 e. The molecule has 1 heterocycles. The first-order chi connectivity index (χ1) is 7.34. The van der Waals surface area contributed by atoms with Crippen molar-refractivity contribution < 1.29 is 26.8 Å². The van der Waals surface area contributed by atoms with E-state index < -0.39 is 24.8 Å². The Bertz CT molecular complexity index is 375. The van der Waals surface area contributed by atoms with Crippen LogP contribution >= 0.6 is 0 Å². The number of halogens is 4. The molecule has 0 aromatic carbocycles. The highest BCUT2D eigenvalue weighted by Crippen LogP contribution is 2.21. The van der Waals surface area contributed by atoms with E-state index in [1.807, 2.05) is 0 Å². The van der Waals surface area contributed by atoms with E-state index in [9.17, 15) is 22.4 Å². The molecule has 1 N–H and O–H groups in total. The minimum absolute atomic E-state index is 0.162. The van der Waals surface area contributed by atoms with Crippen molar-refractivity contribution in [3.8, 4) is 0 Å². The molecule has 1 aromatic rings. The van der Waals surface area contributed by atoms with Gasteiger partial charge in [0.15, 0.2) is 5.76 Å². The molecular formula is C9H9F4NO2. The molecule has 0 aliphatic rings. The van der Waals surface area contributed by atoms with Crippen LogP contribution in [-0.4, -0.2) is 24.8 Å². The first-order valence-corrected chi connectivity index (χ1v) is 4.33. The number of carbonyl (C=O) groups is 1. The second kappa shape index (κ2) is 4.54. The third-order valence-electron chi connectivity index (χ3n) is 1.87. The fraction of sp³-hybridized carbons (Fsp3) is 0.444. The maximum absolute atomic E-state index is 12.5. The molecule has 1 amide bonds. The molecule has 0 fully saturated rings. The Balaban J connectivity index is 2.58. The van der Waals surface area contributed by atoms with Crippen molar-refractivity contribution >= 4 is 5.91 Å². The molecule has 0 atom stereocenters. The number of hydrogen-bond donors (Lipinski definition) is 1. The van der Waals surface area contributed by atoms with Crippen molar-refractivity contribution in [3.63, 3.8) is 0 Å². The number of amides is 1. The number of rotatable bonds is 4. The molecule has 0 aliphatic carbocycles. The van der Waals surface area contributed by atoms with E-state index in [0.29, 0.717) is 5.56 Å². The summed E-state index contributed by atoms with van der Waals surface area (Å²) in [6.45, 7) is 0.104. The van der Waals surface area contributed by atoms with Gasteiger partial charge in [-0.25, -0.2) is 8.78 Å². The van der Waals surface area contributed by atoms with Crippen molar-refractivity contribution in [2.24, 2.45) is 0 Å². The first-order valence-electron chi connectivity index (χ1n) is 4.33. The Morgan fingerprint density at radius 2 is 2.19 bits per heavy atom. The molecular weight excluding hydrogens is 230 g/mol. The lowest BCUT2D eigenvalue weighted by atomic mass is 10.2. The first kappa shape index (κ1) is 12.5. The van der Waals surface area contributed by atoms with Gasteiger partial charge in [0.2, 0.25) is 0 Å². The Kier molecular flexibility index (Phi) is 3.56. The molecule has 0 saturated heterocycles. The fourth-order valence-electron chi connectivity index (χ4n) is 0.961. The Labute approximate surface area is 88.4 Å². The summed E-state index contributed by atoms with van der Waals surface area (Å²) in [7, 11) is 0. The second-order valence-corrected chi connectivity index (χ2v) is 3.18. The van der Waals surface area contributed by atoms with Crippen molar-refractivity contribution in [3.05, 3.63) is 23.7 Å². The number of alkyl halides is 4. The Morgan fingerprint density at radius 3 is 2.62 bits per heavy atom. The molecule has 0 radical (unpaired) electrons. The highest BCUT2D eigenvalue weighted by Gasteiger charge is 2.41.